The minimum absolute atomic E-state index is 0.0264. The van der Waals surface area contributed by atoms with Gasteiger partial charge in [-0.15, -0.1) is 0 Å². The summed E-state index contributed by atoms with van der Waals surface area (Å²) in [6.07, 6.45) is 0. The molecule has 0 aliphatic carbocycles. The van der Waals surface area contributed by atoms with Crippen molar-refractivity contribution in [3.63, 3.8) is 0 Å². The Morgan fingerprint density at radius 1 is 1.47 bits per heavy atom. The van der Waals surface area contributed by atoms with E-state index in [4.69, 9.17) is 4.89 Å². The maximum Gasteiger partial charge on any atom is 0.270 e. The zero-order chi connectivity index (χ0) is 11.3. The van der Waals surface area contributed by atoms with Gasteiger partial charge in [-0.3, -0.25) is 10.1 Å². The fourth-order valence-corrected chi connectivity index (χ4v) is 0.990. The molecular formula is C9H11NO5. The fraction of sp³-hybridized carbons (Fsp3) is 0.333. The molecular weight excluding hydrogens is 202 g/mol. The normalized spacial score (nSPS) is 10.2. The second kappa shape index (κ2) is 5.28. The highest BCUT2D eigenvalue weighted by molar-refractivity contribution is 5.42. The van der Waals surface area contributed by atoms with Crippen LogP contribution in [0.15, 0.2) is 18.2 Å². The summed E-state index contributed by atoms with van der Waals surface area (Å²) in [6.45, 7) is 2.09. The predicted molar refractivity (Wildman–Crippen MR) is 51.2 cm³/mol. The molecule has 0 amide bonds. The van der Waals surface area contributed by atoms with Crippen molar-refractivity contribution >= 4 is 5.69 Å². The maximum absolute atomic E-state index is 10.4. The number of hydrogen-bond acceptors (Lipinski definition) is 5. The van der Waals surface area contributed by atoms with Crippen molar-refractivity contribution in [2.24, 2.45) is 0 Å². The number of aromatic hydroxyl groups is 1. The van der Waals surface area contributed by atoms with Gasteiger partial charge in [0, 0.05) is 17.7 Å². The van der Waals surface area contributed by atoms with Gasteiger partial charge < -0.3 is 5.11 Å². The van der Waals surface area contributed by atoms with Crippen LogP contribution in [0.3, 0.4) is 0 Å². The zero-order valence-corrected chi connectivity index (χ0v) is 8.17. The molecule has 1 aromatic rings. The second-order valence-corrected chi connectivity index (χ2v) is 2.74. The van der Waals surface area contributed by atoms with Crippen LogP contribution >= 0.6 is 0 Å². The summed E-state index contributed by atoms with van der Waals surface area (Å²) >= 11 is 0. The molecule has 0 spiro atoms. The third kappa shape index (κ3) is 3.19. The van der Waals surface area contributed by atoms with Gasteiger partial charge in [-0.25, -0.2) is 9.78 Å². The van der Waals surface area contributed by atoms with E-state index in [0.29, 0.717) is 12.2 Å². The van der Waals surface area contributed by atoms with Gasteiger partial charge in [-0.05, 0) is 13.0 Å². The summed E-state index contributed by atoms with van der Waals surface area (Å²) in [5.41, 5.74) is 0.223. The van der Waals surface area contributed by atoms with E-state index in [9.17, 15) is 15.2 Å². The third-order valence-corrected chi connectivity index (χ3v) is 1.69. The highest BCUT2D eigenvalue weighted by atomic mass is 17.2. The molecule has 1 N–H and O–H groups in total. The Bertz CT molecular complexity index is 352. The number of phenols is 1. The SMILES string of the molecule is CCOOCc1cc([N+](=O)[O-])ccc1O. The predicted octanol–water partition coefficient (Wildman–Crippen LogP) is 1.77. The molecule has 0 radical (unpaired) electrons. The Morgan fingerprint density at radius 2 is 2.20 bits per heavy atom. The van der Waals surface area contributed by atoms with Crippen molar-refractivity contribution in [1.29, 1.82) is 0 Å². The van der Waals surface area contributed by atoms with Crippen LogP contribution in [0.4, 0.5) is 5.69 Å². The first-order chi connectivity index (χ1) is 7.15. The lowest BCUT2D eigenvalue weighted by atomic mass is 10.2. The molecule has 0 aliphatic rings. The molecule has 6 nitrogen and oxygen atoms in total. The van der Waals surface area contributed by atoms with Crippen LogP contribution in [0.5, 0.6) is 5.75 Å². The number of nitro benzene ring substituents is 1. The Balaban J connectivity index is 2.76. The number of nitrogens with zero attached hydrogens (tertiary/aromatic N) is 1. The van der Waals surface area contributed by atoms with Gasteiger partial charge in [0.2, 0.25) is 0 Å². The van der Waals surface area contributed by atoms with E-state index in [2.05, 4.69) is 4.89 Å². The first-order valence-corrected chi connectivity index (χ1v) is 4.36. The molecule has 0 unspecified atom stereocenters. The minimum atomic E-state index is -0.538. The zero-order valence-electron chi connectivity index (χ0n) is 8.17. The van der Waals surface area contributed by atoms with Gasteiger partial charge in [0.15, 0.2) is 0 Å². The average molecular weight is 213 g/mol. The summed E-state index contributed by atoms with van der Waals surface area (Å²) in [7, 11) is 0. The number of hydrogen-bond donors (Lipinski definition) is 1. The van der Waals surface area contributed by atoms with E-state index in [0.717, 1.165) is 0 Å². The standard InChI is InChI=1S/C9H11NO5/c1-2-14-15-6-7-5-8(10(12)13)3-4-9(7)11/h3-5,11H,2,6H2,1H3. The van der Waals surface area contributed by atoms with Crippen molar-refractivity contribution in [3.05, 3.63) is 33.9 Å². The van der Waals surface area contributed by atoms with E-state index in [-0.39, 0.29) is 18.0 Å². The highest BCUT2D eigenvalue weighted by Gasteiger charge is 2.10. The van der Waals surface area contributed by atoms with Crippen LogP contribution in [-0.2, 0) is 16.4 Å². The Kier molecular flexibility index (Phi) is 4.02. The minimum Gasteiger partial charge on any atom is -0.508 e. The van der Waals surface area contributed by atoms with Crippen LogP contribution < -0.4 is 0 Å². The molecule has 15 heavy (non-hydrogen) atoms. The molecule has 0 saturated heterocycles. The van der Waals surface area contributed by atoms with E-state index >= 15 is 0 Å². The van der Waals surface area contributed by atoms with E-state index in [1.807, 2.05) is 0 Å². The first kappa shape index (κ1) is 11.4. The lowest BCUT2D eigenvalue weighted by Gasteiger charge is -2.04. The van der Waals surface area contributed by atoms with Gasteiger partial charge in [0.1, 0.15) is 12.4 Å². The molecule has 1 rings (SSSR count). The van der Waals surface area contributed by atoms with Crippen molar-refractivity contribution in [3.8, 4) is 5.75 Å². The summed E-state index contributed by atoms with van der Waals surface area (Å²) in [5, 5.41) is 19.8. The molecule has 0 aromatic heterocycles. The van der Waals surface area contributed by atoms with E-state index in [1.165, 1.54) is 18.2 Å². The molecule has 0 aliphatic heterocycles. The van der Waals surface area contributed by atoms with Crippen molar-refractivity contribution in [2.75, 3.05) is 6.61 Å². The van der Waals surface area contributed by atoms with Crippen molar-refractivity contribution < 1.29 is 19.8 Å². The average Bonchev–Trinajstić information content (AvgIpc) is 2.20. The topological polar surface area (TPSA) is 81.8 Å². The first-order valence-electron chi connectivity index (χ1n) is 4.36. The molecule has 1 aromatic carbocycles. The molecule has 0 heterocycles. The summed E-state index contributed by atoms with van der Waals surface area (Å²) in [5.74, 6) is -0.0553. The molecule has 0 bridgehead atoms. The second-order valence-electron chi connectivity index (χ2n) is 2.74. The van der Waals surface area contributed by atoms with Crippen molar-refractivity contribution in [1.82, 2.24) is 0 Å². The van der Waals surface area contributed by atoms with Gasteiger partial charge >= 0.3 is 0 Å². The van der Waals surface area contributed by atoms with Crippen LogP contribution in [0, 0.1) is 10.1 Å². The molecule has 0 saturated carbocycles. The Labute approximate surface area is 86.1 Å². The fourth-order valence-electron chi connectivity index (χ4n) is 0.990. The van der Waals surface area contributed by atoms with Gasteiger partial charge in [0.25, 0.3) is 5.69 Å². The van der Waals surface area contributed by atoms with Gasteiger partial charge in [-0.1, -0.05) is 0 Å². The van der Waals surface area contributed by atoms with E-state index in [1.54, 1.807) is 6.92 Å². The number of rotatable bonds is 5. The number of nitro groups is 1. The monoisotopic (exact) mass is 213 g/mol. The quantitative estimate of drug-likeness (QED) is 0.349. The lowest BCUT2D eigenvalue weighted by molar-refractivity contribution is -0.385. The van der Waals surface area contributed by atoms with Crippen LogP contribution in [0.1, 0.15) is 12.5 Å². The molecule has 0 atom stereocenters. The Morgan fingerprint density at radius 3 is 2.80 bits per heavy atom. The lowest BCUT2D eigenvalue weighted by Crippen LogP contribution is -1.96. The largest absolute Gasteiger partial charge is 0.508 e. The summed E-state index contributed by atoms with van der Waals surface area (Å²) < 4.78 is 0. The maximum atomic E-state index is 10.4. The Hall–Kier alpha value is -1.66. The summed E-state index contributed by atoms with van der Waals surface area (Å²) in [4.78, 5) is 19.2. The van der Waals surface area contributed by atoms with E-state index < -0.39 is 4.92 Å². The van der Waals surface area contributed by atoms with Crippen LogP contribution in [0.2, 0.25) is 0 Å². The van der Waals surface area contributed by atoms with Gasteiger partial charge in [0.05, 0.1) is 11.5 Å². The number of benzene rings is 1. The van der Waals surface area contributed by atoms with Gasteiger partial charge in [-0.2, -0.15) is 0 Å². The van der Waals surface area contributed by atoms with Crippen LogP contribution in [-0.4, -0.2) is 16.6 Å². The number of non-ortho nitro benzene ring substituents is 1. The third-order valence-electron chi connectivity index (χ3n) is 1.69. The highest BCUT2D eigenvalue weighted by Crippen LogP contribution is 2.23. The molecule has 0 fully saturated rings. The summed E-state index contributed by atoms with van der Waals surface area (Å²) in [6, 6.07) is 3.72. The van der Waals surface area contributed by atoms with Crippen molar-refractivity contribution in [2.45, 2.75) is 13.5 Å². The molecule has 82 valence electrons. The smallest absolute Gasteiger partial charge is 0.270 e. The van der Waals surface area contributed by atoms with Crippen LogP contribution in [0.25, 0.3) is 0 Å². The molecule has 6 heteroatoms. The number of phenolic OH excluding ortho intramolecular Hbond substituents is 1.